The maximum atomic E-state index is 14.1. The van der Waals surface area contributed by atoms with Gasteiger partial charge in [-0.2, -0.15) is 0 Å². The standard InChI is InChI=1S/C38H40N2O7S/c1-46-38(43)40-37(36(28-14-5-2-6-15-28)29-16-7-3-8-17-29)34(41)23-30-18-12-11-13-27(30)21-22-31-24-39-33(25-47-31)35(42)26-48(44,45)32-19-9-4-10-20-32/h2-20,31,33,36-37,39H,21-26H2,1H3,(H,40,43)/t31-,33+,37-/m1/s1. The van der Waals surface area contributed by atoms with E-state index in [0.29, 0.717) is 19.4 Å². The Kier molecular flexibility index (Phi) is 11.9. The highest BCUT2D eigenvalue weighted by Crippen LogP contribution is 2.30. The molecule has 250 valence electrons. The lowest BCUT2D eigenvalue weighted by molar-refractivity contribution is -0.123. The summed E-state index contributed by atoms with van der Waals surface area (Å²) < 4.78 is 36.3. The fourth-order valence-electron chi connectivity index (χ4n) is 6.04. The molecule has 0 bridgehead atoms. The van der Waals surface area contributed by atoms with Crippen molar-refractivity contribution in [2.45, 2.75) is 48.3 Å². The highest BCUT2D eigenvalue weighted by molar-refractivity contribution is 7.92. The van der Waals surface area contributed by atoms with Crippen LogP contribution in [0.15, 0.2) is 120 Å². The molecule has 0 spiro atoms. The van der Waals surface area contributed by atoms with E-state index in [-0.39, 0.29) is 29.8 Å². The average Bonchev–Trinajstić information content (AvgIpc) is 3.12. The zero-order valence-electron chi connectivity index (χ0n) is 26.8. The minimum Gasteiger partial charge on any atom is -0.453 e. The zero-order valence-corrected chi connectivity index (χ0v) is 27.6. The van der Waals surface area contributed by atoms with Crippen LogP contribution >= 0.6 is 0 Å². The second-order valence-electron chi connectivity index (χ2n) is 11.8. The van der Waals surface area contributed by atoms with Gasteiger partial charge in [-0.3, -0.25) is 9.59 Å². The minimum atomic E-state index is -3.74. The normalized spacial score (nSPS) is 17.0. The second-order valence-corrected chi connectivity index (χ2v) is 13.8. The van der Waals surface area contributed by atoms with Gasteiger partial charge in [0.2, 0.25) is 0 Å². The van der Waals surface area contributed by atoms with Crippen LogP contribution < -0.4 is 10.6 Å². The number of rotatable bonds is 14. The summed E-state index contributed by atoms with van der Waals surface area (Å²) in [5.74, 6) is -1.62. The molecule has 1 heterocycles. The number of sulfone groups is 1. The van der Waals surface area contributed by atoms with Crippen molar-refractivity contribution < 1.29 is 32.3 Å². The summed E-state index contributed by atoms with van der Waals surface area (Å²) in [5.41, 5.74) is 3.61. The predicted molar refractivity (Wildman–Crippen MR) is 183 cm³/mol. The molecule has 0 saturated carbocycles. The minimum absolute atomic E-state index is 0.0786. The molecule has 4 aromatic rings. The smallest absolute Gasteiger partial charge is 0.407 e. The van der Waals surface area contributed by atoms with Gasteiger partial charge < -0.3 is 20.1 Å². The molecule has 1 fully saturated rings. The number of carbonyl (C=O) groups excluding carboxylic acids is 3. The van der Waals surface area contributed by atoms with E-state index in [1.807, 2.05) is 84.9 Å². The number of nitrogens with one attached hydrogen (secondary N) is 2. The van der Waals surface area contributed by atoms with Crippen LogP contribution in [0.2, 0.25) is 0 Å². The summed E-state index contributed by atoms with van der Waals surface area (Å²) in [4.78, 5) is 39.6. The molecule has 10 heteroatoms. The number of aryl methyl sites for hydroxylation is 1. The molecule has 48 heavy (non-hydrogen) atoms. The molecule has 4 aromatic carbocycles. The Morgan fingerprint density at radius 3 is 1.96 bits per heavy atom. The van der Waals surface area contributed by atoms with Crippen molar-refractivity contribution in [3.8, 4) is 0 Å². The number of Topliss-reactive ketones (excluding diaryl/α,β-unsaturated/α-hetero) is 2. The first-order chi connectivity index (χ1) is 23.2. The molecule has 1 aliphatic rings. The van der Waals surface area contributed by atoms with Gasteiger partial charge in [-0.25, -0.2) is 13.2 Å². The molecule has 1 aliphatic heterocycles. The third-order valence-electron chi connectivity index (χ3n) is 8.59. The van der Waals surface area contributed by atoms with Gasteiger partial charge in [0.15, 0.2) is 21.4 Å². The largest absolute Gasteiger partial charge is 0.453 e. The number of amides is 1. The molecule has 0 radical (unpaired) electrons. The third-order valence-corrected chi connectivity index (χ3v) is 10.2. The van der Waals surface area contributed by atoms with Crippen molar-refractivity contribution in [2.24, 2.45) is 0 Å². The quantitative estimate of drug-likeness (QED) is 0.198. The topological polar surface area (TPSA) is 128 Å². The van der Waals surface area contributed by atoms with E-state index in [0.717, 1.165) is 22.3 Å². The molecular weight excluding hydrogens is 628 g/mol. The number of benzene rings is 4. The van der Waals surface area contributed by atoms with E-state index >= 15 is 0 Å². The fraction of sp³-hybridized carbons (Fsp3) is 0.289. The Morgan fingerprint density at radius 1 is 0.833 bits per heavy atom. The van der Waals surface area contributed by atoms with E-state index in [4.69, 9.17) is 9.47 Å². The lowest BCUT2D eigenvalue weighted by atomic mass is 9.81. The maximum absolute atomic E-state index is 14.1. The molecule has 9 nitrogen and oxygen atoms in total. The number of ether oxygens (including phenoxy) is 2. The Hall–Kier alpha value is -4.64. The Balaban J connectivity index is 1.23. The van der Waals surface area contributed by atoms with Gasteiger partial charge in [0.05, 0.1) is 30.8 Å². The van der Waals surface area contributed by atoms with Crippen LogP contribution in [-0.4, -0.2) is 70.3 Å². The Bertz CT molecular complexity index is 1740. The number of hydrogen-bond acceptors (Lipinski definition) is 8. The number of morpholine rings is 1. The summed E-state index contributed by atoms with van der Waals surface area (Å²) in [6.07, 6.45) is 0.457. The van der Waals surface area contributed by atoms with Crippen LogP contribution in [-0.2, 0) is 41.7 Å². The van der Waals surface area contributed by atoms with E-state index in [9.17, 15) is 22.8 Å². The second kappa shape index (κ2) is 16.5. The third kappa shape index (κ3) is 9.03. The van der Waals surface area contributed by atoms with Crippen LogP contribution in [0.5, 0.6) is 0 Å². The van der Waals surface area contributed by atoms with Gasteiger partial charge in [0, 0.05) is 18.9 Å². The Labute approximate surface area is 281 Å². The molecule has 0 aliphatic carbocycles. The van der Waals surface area contributed by atoms with Crippen molar-refractivity contribution in [2.75, 3.05) is 26.0 Å². The van der Waals surface area contributed by atoms with Gasteiger partial charge in [-0.05, 0) is 47.2 Å². The zero-order chi connectivity index (χ0) is 33.9. The van der Waals surface area contributed by atoms with Crippen molar-refractivity contribution >= 4 is 27.5 Å². The number of hydrogen-bond donors (Lipinski definition) is 2. The highest BCUT2D eigenvalue weighted by atomic mass is 32.2. The molecule has 3 atom stereocenters. The molecule has 0 aromatic heterocycles. The first kappa shape index (κ1) is 34.7. The molecular formula is C38H40N2O7S. The molecule has 5 rings (SSSR count). The summed E-state index contributed by atoms with van der Waals surface area (Å²) in [7, 11) is -2.46. The highest BCUT2D eigenvalue weighted by Gasteiger charge is 2.33. The van der Waals surface area contributed by atoms with E-state index in [1.165, 1.54) is 19.2 Å². The number of ketones is 2. The first-order valence-corrected chi connectivity index (χ1v) is 17.6. The number of carbonyl (C=O) groups is 3. The first-order valence-electron chi connectivity index (χ1n) is 15.9. The van der Waals surface area contributed by atoms with E-state index in [1.54, 1.807) is 18.2 Å². The summed E-state index contributed by atoms with van der Waals surface area (Å²) in [6.45, 7) is 0.471. The maximum Gasteiger partial charge on any atom is 0.407 e. The van der Waals surface area contributed by atoms with Crippen molar-refractivity contribution in [3.63, 3.8) is 0 Å². The number of alkyl carbamates (subject to hydrolysis) is 1. The van der Waals surface area contributed by atoms with Crippen LogP contribution in [0.25, 0.3) is 0 Å². The van der Waals surface area contributed by atoms with Crippen molar-refractivity contribution in [1.82, 2.24) is 10.6 Å². The number of methoxy groups -OCH3 is 1. The fourth-order valence-corrected chi connectivity index (χ4v) is 7.35. The van der Waals surface area contributed by atoms with Gasteiger partial charge >= 0.3 is 6.09 Å². The molecule has 1 amide bonds. The van der Waals surface area contributed by atoms with E-state index in [2.05, 4.69) is 10.6 Å². The van der Waals surface area contributed by atoms with Crippen LogP contribution in [0, 0.1) is 0 Å². The van der Waals surface area contributed by atoms with Crippen molar-refractivity contribution in [1.29, 1.82) is 0 Å². The SMILES string of the molecule is COC(=O)N[C@H](C(=O)Cc1ccccc1CC[C@@H]1CN[C@H](C(=O)CS(=O)(=O)c2ccccc2)CO1)C(c1ccccc1)c1ccccc1. The van der Waals surface area contributed by atoms with Gasteiger partial charge in [-0.1, -0.05) is 103 Å². The Morgan fingerprint density at radius 2 is 1.40 bits per heavy atom. The molecule has 0 unspecified atom stereocenters. The molecule has 1 saturated heterocycles. The summed E-state index contributed by atoms with van der Waals surface area (Å²) in [6, 6.07) is 33.3. The van der Waals surface area contributed by atoms with Gasteiger partial charge in [0.25, 0.3) is 0 Å². The molecule has 2 N–H and O–H groups in total. The average molecular weight is 669 g/mol. The van der Waals surface area contributed by atoms with Crippen molar-refractivity contribution in [3.05, 3.63) is 138 Å². The monoisotopic (exact) mass is 668 g/mol. The lowest BCUT2D eigenvalue weighted by Crippen LogP contribution is -2.51. The summed E-state index contributed by atoms with van der Waals surface area (Å²) >= 11 is 0. The van der Waals surface area contributed by atoms with Gasteiger partial charge in [-0.15, -0.1) is 0 Å². The van der Waals surface area contributed by atoms with Crippen LogP contribution in [0.4, 0.5) is 4.79 Å². The summed E-state index contributed by atoms with van der Waals surface area (Å²) in [5, 5.41) is 5.98. The van der Waals surface area contributed by atoms with E-state index < -0.39 is 45.5 Å². The lowest BCUT2D eigenvalue weighted by Gasteiger charge is -2.30. The van der Waals surface area contributed by atoms with Crippen LogP contribution in [0.3, 0.4) is 0 Å². The predicted octanol–water partition coefficient (Wildman–Crippen LogP) is 4.69. The van der Waals surface area contributed by atoms with Crippen LogP contribution in [0.1, 0.15) is 34.6 Å². The van der Waals surface area contributed by atoms with Gasteiger partial charge in [0.1, 0.15) is 11.8 Å².